The zero-order valence-corrected chi connectivity index (χ0v) is 18.4. The Kier molecular flexibility index (Phi) is 4.85. The molecule has 0 radical (unpaired) electrons. The summed E-state index contributed by atoms with van der Waals surface area (Å²) in [5.41, 5.74) is 3.34. The van der Waals surface area contributed by atoms with Crippen LogP contribution in [0.3, 0.4) is 0 Å². The number of anilines is 1. The summed E-state index contributed by atoms with van der Waals surface area (Å²) < 4.78 is 12.9. The molecule has 3 heterocycles. The summed E-state index contributed by atoms with van der Waals surface area (Å²) >= 11 is 6.38. The van der Waals surface area contributed by atoms with Crippen molar-refractivity contribution in [3.05, 3.63) is 57.3 Å². The topological polar surface area (TPSA) is 73.4 Å². The van der Waals surface area contributed by atoms with Crippen LogP contribution in [0.5, 0.6) is 5.75 Å². The van der Waals surface area contributed by atoms with E-state index >= 15 is 0 Å². The second-order valence-electron chi connectivity index (χ2n) is 8.07. The Morgan fingerprint density at radius 2 is 1.94 bits per heavy atom. The Bertz CT molecular complexity index is 1350. The quantitative estimate of drug-likeness (QED) is 0.471. The lowest BCUT2D eigenvalue weighted by molar-refractivity contribution is 0.406. The lowest BCUT2D eigenvalue weighted by atomic mass is 9.96. The summed E-state index contributed by atoms with van der Waals surface area (Å²) in [6.45, 7) is 3.55. The average molecular weight is 439 g/mol. The van der Waals surface area contributed by atoms with Gasteiger partial charge in [-0.1, -0.05) is 17.7 Å². The molecule has 8 heteroatoms. The number of piperidine rings is 1. The van der Waals surface area contributed by atoms with Crippen LogP contribution in [-0.2, 0) is 7.05 Å². The number of aryl methyl sites for hydroxylation is 2. The van der Waals surface area contributed by atoms with Crippen molar-refractivity contribution in [1.29, 1.82) is 0 Å². The van der Waals surface area contributed by atoms with Crippen molar-refractivity contribution in [3.63, 3.8) is 0 Å². The van der Waals surface area contributed by atoms with Gasteiger partial charge in [0.25, 0.3) is 0 Å². The second kappa shape index (κ2) is 7.57. The maximum Gasteiger partial charge on any atom is 0.349 e. The Labute approximate surface area is 184 Å². The molecule has 0 unspecified atom stereocenters. The van der Waals surface area contributed by atoms with Crippen molar-refractivity contribution < 1.29 is 9.15 Å². The summed E-state index contributed by atoms with van der Waals surface area (Å²) in [4.78, 5) is 23.7. The van der Waals surface area contributed by atoms with Gasteiger partial charge in [-0.2, -0.15) is 4.98 Å². The molecular formula is C23H23ClN4O3. The van der Waals surface area contributed by atoms with Crippen LogP contribution in [-0.4, -0.2) is 34.7 Å². The molecule has 31 heavy (non-hydrogen) atoms. The molecule has 1 aliphatic rings. The summed E-state index contributed by atoms with van der Waals surface area (Å²) in [7, 11) is 3.27. The van der Waals surface area contributed by atoms with E-state index < -0.39 is 0 Å². The Hall–Kier alpha value is -3.06. The largest absolute Gasteiger partial charge is 0.495 e. The van der Waals surface area contributed by atoms with Crippen molar-refractivity contribution in [2.24, 2.45) is 7.05 Å². The molecule has 0 saturated carbocycles. The minimum Gasteiger partial charge on any atom is -0.495 e. The van der Waals surface area contributed by atoms with Gasteiger partial charge in [0.15, 0.2) is 11.5 Å². The molecule has 2 aromatic heterocycles. The zero-order chi connectivity index (χ0) is 21.7. The Morgan fingerprint density at radius 1 is 1.16 bits per heavy atom. The van der Waals surface area contributed by atoms with Gasteiger partial charge in [0.05, 0.1) is 17.6 Å². The summed E-state index contributed by atoms with van der Waals surface area (Å²) in [5.74, 6) is 2.22. The van der Waals surface area contributed by atoms with Crippen molar-refractivity contribution in [2.75, 3.05) is 25.1 Å². The van der Waals surface area contributed by atoms with Gasteiger partial charge in [-0.3, -0.25) is 4.57 Å². The van der Waals surface area contributed by atoms with Gasteiger partial charge in [-0.15, -0.1) is 0 Å². The monoisotopic (exact) mass is 438 g/mol. The van der Waals surface area contributed by atoms with Crippen molar-refractivity contribution >= 4 is 39.4 Å². The number of aromatic nitrogens is 3. The number of hydrogen-bond donors (Lipinski definition) is 0. The van der Waals surface area contributed by atoms with Crippen LogP contribution in [0, 0.1) is 6.92 Å². The molecule has 0 aliphatic carbocycles. The fraction of sp³-hybridized carbons (Fsp3) is 0.348. The highest BCUT2D eigenvalue weighted by Gasteiger charge is 2.27. The third-order valence-corrected chi connectivity index (χ3v) is 6.36. The van der Waals surface area contributed by atoms with E-state index in [4.69, 9.17) is 25.7 Å². The van der Waals surface area contributed by atoms with E-state index in [1.165, 1.54) is 10.1 Å². The fourth-order valence-electron chi connectivity index (χ4n) is 4.29. The van der Waals surface area contributed by atoms with E-state index in [0.29, 0.717) is 16.6 Å². The lowest BCUT2D eigenvalue weighted by Crippen LogP contribution is -2.36. The SMILES string of the molecule is COc1cc2c(cc1Cl)c(N1CCC(c3nc4cc(C)ccc4o3)CC1)nc(=O)n2C. The molecule has 4 aromatic rings. The maximum absolute atomic E-state index is 12.5. The molecule has 0 atom stereocenters. The van der Waals surface area contributed by atoms with Crippen LogP contribution in [0.4, 0.5) is 5.82 Å². The standard InChI is InChI=1S/C23H23ClN4O3/c1-13-4-5-19-17(10-13)25-22(31-19)14-6-8-28(9-7-14)21-15-11-16(24)20(30-3)12-18(15)27(2)23(29)26-21/h4-5,10-12,14H,6-9H2,1-3H3. The van der Waals surface area contributed by atoms with Gasteiger partial charge in [0.2, 0.25) is 0 Å². The smallest absolute Gasteiger partial charge is 0.349 e. The van der Waals surface area contributed by atoms with E-state index in [-0.39, 0.29) is 11.6 Å². The van der Waals surface area contributed by atoms with E-state index in [2.05, 4.69) is 16.8 Å². The van der Waals surface area contributed by atoms with Crippen molar-refractivity contribution in [3.8, 4) is 5.75 Å². The molecule has 7 nitrogen and oxygen atoms in total. The first-order valence-corrected chi connectivity index (χ1v) is 10.7. The van der Waals surface area contributed by atoms with Crippen LogP contribution in [0.15, 0.2) is 39.5 Å². The van der Waals surface area contributed by atoms with Gasteiger partial charge in [0, 0.05) is 37.5 Å². The van der Waals surface area contributed by atoms with E-state index in [0.717, 1.165) is 53.8 Å². The number of methoxy groups -OCH3 is 1. The number of fused-ring (bicyclic) bond motifs is 2. The fourth-order valence-corrected chi connectivity index (χ4v) is 4.53. The van der Waals surface area contributed by atoms with Crippen LogP contribution >= 0.6 is 11.6 Å². The van der Waals surface area contributed by atoms with Gasteiger partial charge in [0.1, 0.15) is 17.1 Å². The third kappa shape index (κ3) is 3.43. The average Bonchev–Trinajstić information content (AvgIpc) is 3.19. The summed E-state index contributed by atoms with van der Waals surface area (Å²) in [5, 5.41) is 1.33. The minimum atomic E-state index is -0.302. The highest BCUT2D eigenvalue weighted by atomic mass is 35.5. The first kappa shape index (κ1) is 19.9. The molecule has 0 amide bonds. The zero-order valence-electron chi connectivity index (χ0n) is 17.7. The predicted molar refractivity (Wildman–Crippen MR) is 121 cm³/mol. The van der Waals surface area contributed by atoms with E-state index in [1.807, 2.05) is 24.3 Å². The number of ether oxygens (including phenoxy) is 1. The third-order valence-electron chi connectivity index (χ3n) is 6.06. The number of nitrogens with zero attached hydrogens (tertiary/aromatic N) is 4. The maximum atomic E-state index is 12.5. The van der Waals surface area contributed by atoms with E-state index in [1.54, 1.807) is 20.2 Å². The highest BCUT2D eigenvalue weighted by Crippen LogP contribution is 2.36. The molecule has 1 fully saturated rings. The molecule has 0 spiro atoms. The van der Waals surface area contributed by atoms with Gasteiger partial charge in [-0.25, -0.2) is 9.78 Å². The van der Waals surface area contributed by atoms with Crippen LogP contribution in [0.1, 0.15) is 30.2 Å². The molecular weight excluding hydrogens is 416 g/mol. The minimum absolute atomic E-state index is 0.241. The van der Waals surface area contributed by atoms with Crippen molar-refractivity contribution in [1.82, 2.24) is 14.5 Å². The Balaban J connectivity index is 1.45. The van der Waals surface area contributed by atoms with Crippen LogP contribution in [0.25, 0.3) is 22.0 Å². The van der Waals surface area contributed by atoms with Crippen molar-refractivity contribution in [2.45, 2.75) is 25.7 Å². The molecule has 0 bridgehead atoms. The second-order valence-corrected chi connectivity index (χ2v) is 8.47. The molecule has 160 valence electrons. The number of hydrogen-bond acceptors (Lipinski definition) is 6. The molecule has 2 aromatic carbocycles. The lowest BCUT2D eigenvalue weighted by Gasteiger charge is -2.32. The predicted octanol–water partition coefficient (Wildman–Crippen LogP) is 4.43. The number of oxazole rings is 1. The first-order valence-electron chi connectivity index (χ1n) is 10.3. The van der Waals surface area contributed by atoms with E-state index in [9.17, 15) is 4.79 Å². The number of halogens is 1. The first-order chi connectivity index (χ1) is 14.9. The van der Waals surface area contributed by atoms with Gasteiger partial charge in [-0.05, 0) is 43.5 Å². The highest BCUT2D eigenvalue weighted by molar-refractivity contribution is 6.33. The Morgan fingerprint density at radius 3 is 2.68 bits per heavy atom. The molecule has 5 rings (SSSR count). The summed E-state index contributed by atoms with van der Waals surface area (Å²) in [6.07, 6.45) is 1.74. The number of benzene rings is 2. The van der Waals surface area contributed by atoms with Gasteiger partial charge >= 0.3 is 5.69 Å². The van der Waals surface area contributed by atoms with Gasteiger partial charge < -0.3 is 14.1 Å². The molecule has 0 N–H and O–H groups in total. The van der Waals surface area contributed by atoms with Crippen LogP contribution in [0.2, 0.25) is 5.02 Å². The molecule has 1 aliphatic heterocycles. The number of rotatable bonds is 3. The molecule has 1 saturated heterocycles. The van der Waals surface area contributed by atoms with Crippen LogP contribution < -0.4 is 15.3 Å². The summed E-state index contributed by atoms with van der Waals surface area (Å²) in [6, 6.07) is 9.67. The normalized spacial score (nSPS) is 15.2.